The van der Waals surface area contributed by atoms with Crippen LogP contribution in [0.5, 0.6) is 0 Å². The first kappa shape index (κ1) is 15.3. The molecule has 0 saturated heterocycles. The molecule has 0 aliphatic heterocycles. The van der Waals surface area contributed by atoms with Crippen molar-refractivity contribution in [2.45, 2.75) is 39.0 Å². The van der Waals surface area contributed by atoms with E-state index in [0.29, 0.717) is 11.3 Å². The van der Waals surface area contributed by atoms with Gasteiger partial charge in [-0.15, -0.1) is 0 Å². The average Bonchev–Trinajstić information content (AvgIpc) is 2.23. The van der Waals surface area contributed by atoms with Crippen LogP contribution in [0.2, 0.25) is 0 Å². The summed E-state index contributed by atoms with van der Waals surface area (Å²) in [7, 11) is 0. The highest BCUT2D eigenvalue weighted by Crippen LogP contribution is 2.22. The topological polar surface area (TPSA) is 46.3 Å². The highest BCUT2D eigenvalue weighted by Gasteiger charge is 2.34. The van der Waals surface area contributed by atoms with Crippen LogP contribution in [-0.2, 0) is 11.3 Å². The van der Waals surface area contributed by atoms with Crippen LogP contribution in [0.25, 0.3) is 0 Å². The molecule has 0 spiro atoms. The number of nitrogens with two attached hydrogens (primary N) is 1. The lowest BCUT2D eigenvalue weighted by Crippen LogP contribution is -2.38. The second-order valence-corrected chi connectivity index (χ2v) is 4.65. The number of nitrogens with zero attached hydrogens (tertiary/aromatic N) is 1. The first-order chi connectivity index (χ1) is 8.69. The molecule has 1 aromatic carbocycles. The first-order valence-electron chi connectivity index (χ1n) is 5.89. The summed E-state index contributed by atoms with van der Waals surface area (Å²) in [5.74, 6) is -0.926. The van der Waals surface area contributed by atoms with Crippen molar-refractivity contribution in [3.8, 4) is 0 Å². The van der Waals surface area contributed by atoms with Gasteiger partial charge in [0, 0.05) is 18.3 Å². The molecule has 0 heterocycles. The molecule has 6 heteroatoms. The van der Waals surface area contributed by atoms with E-state index in [0.717, 1.165) is 0 Å². The molecule has 0 aliphatic carbocycles. The van der Waals surface area contributed by atoms with Crippen LogP contribution >= 0.6 is 0 Å². The number of alkyl halides is 3. The van der Waals surface area contributed by atoms with Crippen LogP contribution in [0, 0.1) is 0 Å². The van der Waals surface area contributed by atoms with Gasteiger partial charge >= 0.3 is 6.18 Å². The Bertz CT molecular complexity index is 444. The van der Waals surface area contributed by atoms with Crippen molar-refractivity contribution >= 4 is 11.6 Å². The molecule has 0 saturated carbocycles. The second-order valence-electron chi connectivity index (χ2n) is 4.65. The minimum absolute atomic E-state index is 0.123. The van der Waals surface area contributed by atoms with E-state index < -0.39 is 18.5 Å². The molecule has 19 heavy (non-hydrogen) atoms. The highest BCUT2D eigenvalue weighted by atomic mass is 19.4. The van der Waals surface area contributed by atoms with Crippen LogP contribution in [0.15, 0.2) is 24.3 Å². The summed E-state index contributed by atoms with van der Waals surface area (Å²) in [5.41, 5.74) is 6.84. The fraction of sp³-hybridized carbons (Fsp3) is 0.462. The number of carbonyl (C=O) groups is 1. The largest absolute Gasteiger partial charge is 0.399 e. The summed E-state index contributed by atoms with van der Waals surface area (Å²) in [5, 5.41) is 0. The molecule has 0 bridgehead atoms. The Morgan fingerprint density at radius 1 is 1.37 bits per heavy atom. The van der Waals surface area contributed by atoms with E-state index in [1.165, 1.54) is 4.90 Å². The quantitative estimate of drug-likeness (QED) is 0.858. The molecule has 0 unspecified atom stereocenters. The molecule has 106 valence electrons. The number of anilines is 1. The van der Waals surface area contributed by atoms with E-state index in [1.807, 2.05) is 0 Å². The lowest BCUT2D eigenvalue weighted by molar-refractivity contribution is -0.163. The smallest absolute Gasteiger partial charge is 0.397 e. The molecule has 0 atom stereocenters. The van der Waals surface area contributed by atoms with Gasteiger partial charge in [0.2, 0.25) is 5.91 Å². The molecule has 1 aromatic rings. The van der Waals surface area contributed by atoms with Crippen LogP contribution in [0.3, 0.4) is 0 Å². The number of halogens is 3. The van der Waals surface area contributed by atoms with E-state index in [1.54, 1.807) is 38.1 Å². The first-order valence-corrected chi connectivity index (χ1v) is 5.89. The van der Waals surface area contributed by atoms with Gasteiger partial charge in [0.05, 0.1) is 0 Å². The molecule has 0 aromatic heterocycles. The maximum Gasteiger partial charge on any atom is 0.397 e. The van der Waals surface area contributed by atoms with Crippen molar-refractivity contribution < 1.29 is 18.0 Å². The Morgan fingerprint density at radius 2 is 2.00 bits per heavy atom. The molecule has 0 fully saturated rings. The van der Waals surface area contributed by atoms with Crippen molar-refractivity contribution in [1.29, 1.82) is 0 Å². The number of carbonyl (C=O) groups excluding carboxylic acids is 1. The third-order valence-electron chi connectivity index (χ3n) is 2.60. The number of hydrogen-bond acceptors (Lipinski definition) is 2. The summed E-state index contributed by atoms with van der Waals surface area (Å²) in [6, 6.07) is 6.46. The third-order valence-corrected chi connectivity index (χ3v) is 2.60. The summed E-state index contributed by atoms with van der Waals surface area (Å²) in [6.07, 6.45) is -5.92. The summed E-state index contributed by atoms with van der Waals surface area (Å²) < 4.78 is 36.8. The molecule has 0 radical (unpaired) electrons. The Labute approximate surface area is 110 Å². The predicted molar refractivity (Wildman–Crippen MR) is 67.2 cm³/mol. The van der Waals surface area contributed by atoms with Gasteiger partial charge in [0.25, 0.3) is 0 Å². The normalized spacial score (nSPS) is 11.7. The van der Waals surface area contributed by atoms with E-state index >= 15 is 0 Å². The summed E-state index contributed by atoms with van der Waals surface area (Å²) in [4.78, 5) is 12.9. The van der Waals surface area contributed by atoms with E-state index in [2.05, 4.69) is 0 Å². The average molecular weight is 274 g/mol. The van der Waals surface area contributed by atoms with Crippen molar-refractivity contribution in [3.05, 3.63) is 29.8 Å². The number of amides is 1. The zero-order valence-electron chi connectivity index (χ0n) is 10.9. The van der Waals surface area contributed by atoms with Crippen LogP contribution in [-0.4, -0.2) is 23.0 Å². The number of nitrogen functional groups attached to an aromatic ring is 1. The number of hydrogen-bond donors (Lipinski definition) is 1. The molecule has 3 nitrogen and oxygen atoms in total. The van der Waals surface area contributed by atoms with Gasteiger partial charge in [0.15, 0.2) is 0 Å². The Morgan fingerprint density at radius 3 is 2.47 bits per heavy atom. The zero-order chi connectivity index (χ0) is 14.6. The van der Waals surface area contributed by atoms with E-state index in [4.69, 9.17) is 5.73 Å². The third kappa shape index (κ3) is 5.19. The molecule has 2 N–H and O–H groups in total. The number of rotatable bonds is 4. The maximum atomic E-state index is 12.3. The Kier molecular flexibility index (Phi) is 4.80. The minimum Gasteiger partial charge on any atom is -0.399 e. The van der Waals surface area contributed by atoms with E-state index in [9.17, 15) is 18.0 Å². The minimum atomic E-state index is -4.49. The fourth-order valence-electron chi connectivity index (χ4n) is 1.72. The van der Waals surface area contributed by atoms with Gasteiger partial charge in [-0.25, -0.2) is 0 Å². The van der Waals surface area contributed by atoms with Gasteiger partial charge in [0.1, 0.15) is 6.42 Å². The van der Waals surface area contributed by atoms with Gasteiger partial charge in [-0.1, -0.05) is 12.1 Å². The summed E-state index contributed by atoms with van der Waals surface area (Å²) in [6.45, 7) is 3.48. The van der Waals surface area contributed by atoms with E-state index in [-0.39, 0.29) is 12.6 Å². The van der Waals surface area contributed by atoms with Crippen molar-refractivity contribution in [1.82, 2.24) is 4.90 Å². The monoisotopic (exact) mass is 274 g/mol. The Balaban J connectivity index is 2.81. The lowest BCUT2D eigenvalue weighted by Gasteiger charge is -2.27. The van der Waals surface area contributed by atoms with Gasteiger partial charge in [-0.3, -0.25) is 4.79 Å². The maximum absolute atomic E-state index is 12.3. The molecule has 1 amide bonds. The van der Waals surface area contributed by atoms with Crippen molar-refractivity contribution in [3.63, 3.8) is 0 Å². The fourth-order valence-corrected chi connectivity index (χ4v) is 1.72. The lowest BCUT2D eigenvalue weighted by atomic mass is 10.1. The molecular formula is C13H17F3N2O. The van der Waals surface area contributed by atoms with Crippen LogP contribution < -0.4 is 5.73 Å². The van der Waals surface area contributed by atoms with Gasteiger partial charge in [-0.2, -0.15) is 13.2 Å². The second kappa shape index (κ2) is 5.95. The predicted octanol–water partition coefficient (Wildman–Crippen LogP) is 2.96. The highest BCUT2D eigenvalue weighted by molar-refractivity contribution is 5.77. The van der Waals surface area contributed by atoms with Gasteiger partial charge in [-0.05, 0) is 31.5 Å². The molecule has 1 rings (SSSR count). The summed E-state index contributed by atoms with van der Waals surface area (Å²) >= 11 is 0. The zero-order valence-corrected chi connectivity index (χ0v) is 10.9. The van der Waals surface area contributed by atoms with Crippen LogP contribution in [0.4, 0.5) is 18.9 Å². The Hall–Kier alpha value is -1.72. The molecular weight excluding hydrogens is 257 g/mol. The van der Waals surface area contributed by atoms with Crippen molar-refractivity contribution in [2.24, 2.45) is 0 Å². The van der Waals surface area contributed by atoms with Gasteiger partial charge < -0.3 is 10.6 Å². The standard InChI is InChI=1S/C13H17F3N2O/c1-9(2)18(12(19)7-13(14,15)16)8-10-4-3-5-11(17)6-10/h3-6,9H,7-8,17H2,1-2H3. The van der Waals surface area contributed by atoms with Crippen molar-refractivity contribution in [2.75, 3.05) is 5.73 Å². The SMILES string of the molecule is CC(C)N(Cc1cccc(N)c1)C(=O)CC(F)(F)F. The molecule has 0 aliphatic rings. The van der Waals surface area contributed by atoms with Crippen LogP contribution in [0.1, 0.15) is 25.8 Å². The number of benzene rings is 1.